The number of fused-ring (bicyclic) bond motifs is 2. The van der Waals surface area contributed by atoms with Crippen molar-refractivity contribution in [2.24, 2.45) is 0 Å². The Morgan fingerprint density at radius 1 is 1.14 bits per heavy atom. The molecule has 5 rings (SSSR count). The summed E-state index contributed by atoms with van der Waals surface area (Å²) in [6.07, 6.45) is 5.19. The van der Waals surface area contributed by atoms with Gasteiger partial charge in [0.15, 0.2) is 0 Å². The van der Waals surface area contributed by atoms with Crippen molar-refractivity contribution in [1.29, 1.82) is 0 Å². The van der Waals surface area contributed by atoms with Gasteiger partial charge in [0.1, 0.15) is 35.1 Å². The molecule has 0 aliphatic rings. The lowest BCUT2D eigenvalue weighted by Gasteiger charge is -2.16. The Kier molecular flexibility index (Phi) is 6.15. The molecular formula is C24H26N8O3. The third-order valence-electron chi connectivity index (χ3n) is 5.63. The Labute approximate surface area is 200 Å². The summed E-state index contributed by atoms with van der Waals surface area (Å²) in [7, 11) is 1.63. The molecule has 1 atom stereocenters. The van der Waals surface area contributed by atoms with Gasteiger partial charge in [-0.15, -0.1) is 0 Å². The lowest BCUT2D eigenvalue weighted by molar-refractivity contribution is 0.146. The Balaban J connectivity index is 1.62. The molecular weight excluding hydrogens is 448 g/mol. The minimum atomic E-state index is -0.285. The Hall–Kier alpha value is -4.25. The Morgan fingerprint density at radius 3 is 2.74 bits per heavy atom. The van der Waals surface area contributed by atoms with E-state index in [1.165, 1.54) is 0 Å². The summed E-state index contributed by atoms with van der Waals surface area (Å²) >= 11 is 0. The van der Waals surface area contributed by atoms with Crippen LogP contribution in [0, 0.1) is 0 Å². The number of H-pyrrole nitrogens is 2. The maximum absolute atomic E-state index is 13.3. The highest BCUT2D eigenvalue weighted by Crippen LogP contribution is 2.32. The quantitative estimate of drug-likeness (QED) is 0.277. The van der Waals surface area contributed by atoms with Crippen molar-refractivity contribution < 1.29 is 9.47 Å². The maximum atomic E-state index is 13.3. The summed E-state index contributed by atoms with van der Waals surface area (Å²) < 4.78 is 12.5. The van der Waals surface area contributed by atoms with Crippen LogP contribution in [0.25, 0.3) is 33.5 Å². The summed E-state index contributed by atoms with van der Waals surface area (Å²) in [5, 5.41) is 8.10. The van der Waals surface area contributed by atoms with Crippen molar-refractivity contribution in [2.45, 2.75) is 26.4 Å². The zero-order valence-corrected chi connectivity index (χ0v) is 19.7. The second-order valence-electron chi connectivity index (χ2n) is 8.03. The van der Waals surface area contributed by atoms with Crippen LogP contribution in [0.2, 0.25) is 0 Å². The number of benzene rings is 1. The molecule has 5 aromatic rings. The molecule has 35 heavy (non-hydrogen) atoms. The number of aryl methyl sites for hydroxylation is 1. The standard InChI is InChI=1S/C24H26N8O3/c1-4-32-13-18-20(31-32)21(27-14(2)22-25-8-5-9-26-22)19(24(33)30-18)23-28-16-7-6-15(12-17(16)29-23)35-11-10-34-3/h5-9,12-14,27H,4,10-11H2,1-3H3,(H,28,29)(H,30,33). The van der Waals surface area contributed by atoms with Crippen LogP contribution in [0.3, 0.4) is 0 Å². The monoisotopic (exact) mass is 474 g/mol. The summed E-state index contributed by atoms with van der Waals surface area (Å²) in [6, 6.07) is 7.03. The molecule has 4 heterocycles. The van der Waals surface area contributed by atoms with Gasteiger partial charge < -0.3 is 24.8 Å². The molecule has 0 saturated heterocycles. The van der Waals surface area contributed by atoms with E-state index in [4.69, 9.17) is 14.5 Å². The number of rotatable bonds is 9. The third kappa shape index (κ3) is 4.45. The number of methoxy groups -OCH3 is 1. The fourth-order valence-electron chi connectivity index (χ4n) is 3.90. The average Bonchev–Trinajstić information content (AvgIpc) is 3.48. The van der Waals surface area contributed by atoms with Crippen molar-refractivity contribution in [3.05, 3.63) is 59.0 Å². The van der Waals surface area contributed by atoms with E-state index < -0.39 is 0 Å². The van der Waals surface area contributed by atoms with Gasteiger partial charge in [0.05, 0.1) is 34.9 Å². The second kappa shape index (κ2) is 9.55. The van der Waals surface area contributed by atoms with Crippen LogP contribution in [0.5, 0.6) is 5.75 Å². The van der Waals surface area contributed by atoms with Crippen LogP contribution in [-0.4, -0.2) is 55.0 Å². The van der Waals surface area contributed by atoms with Gasteiger partial charge in [-0.05, 0) is 32.0 Å². The van der Waals surface area contributed by atoms with Crippen LogP contribution in [0.15, 0.2) is 47.7 Å². The summed E-state index contributed by atoms with van der Waals surface area (Å²) in [4.78, 5) is 32.9. The van der Waals surface area contributed by atoms with Gasteiger partial charge in [0, 0.05) is 38.3 Å². The Morgan fingerprint density at radius 2 is 1.97 bits per heavy atom. The SMILES string of the molecule is CCn1cc2[nH]c(=O)c(-c3nc4ccc(OCCOC)cc4[nH]3)c(NC(C)c3ncccn3)c2n1. The van der Waals surface area contributed by atoms with Gasteiger partial charge in [-0.2, -0.15) is 5.10 Å². The average molecular weight is 475 g/mol. The number of nitrogens with one attached hydrogen (secondary N) is 3. The first-order chi connectivity index (χ1) is 17.1. The molecule has 0 aliphatic carbocycles. The number of aromatic nitrogens is 7. The van der Waals surface area contributed by atoms with Crippen molar-refractivity contribution in [2.75, 3.05) is 25.6 Å². The predicted octanol–water partition coefficient (Wildman–Crippen LogP) is 3.28. The van der Waals surface area contributed by atoms with E-state index in [0.29, 0.717) is 65.0 Å². The summed E-state index contributed by atoms with van der Waals surface area (Å²) in [5.41, 5.74) is 3.36. The zero-order valence-electron chi connectivity index (χ0n) is 19.7. The van der Waals surface area contributed by atoms with E-state index in [9.17, 15) is 4.79 Å². The number of aromatic amines is 2. The van der Waals surface area contributed by atoms with E-state index in [2.05, 4.69) is 30.4 Å². The fraction of sp³-hybridized carbons (Fsp3) is 0.292. The molecule has 0 spiro atoms. The predicted molar refractivity (Wildman–Crippen MR) is 133 cm³/mol. The van der Waals surface area contributed by atoms with Crippen LogP contribution in [0.4, 0.5) is 5.69 Å². The maximum Gasteiger partial charge on any atom is 0.261 e. The largest absolute Gasteiger partial charge is 0.491 e. The van der Waals surface area contributed by atoms with Gasteiger partial charge in [0.2, 0.25) is 0 Å². The molecule has 0 amide bonds. The van der Waals surface area contributed by atoms with E-state index in [1.54, 1.807) is 30.3 Å². The van der Waals surface area contributed by atoms with Crippen molar-refractivity contribution in [3.8, 4) is 17.1 Å². The Bertz CT molecular complexity index is 1520. The summed E-state index contributed by atoms with van der Waals surface area (Å²) in [6.45, 7) is 5.52. The molecule has 4 aromatic heterocycles. The van der Waals surface area contributed by atoms with E-state index in [-0.39, 0.29) is 11.6 Å². The van der Waals surface area contributed by atoms with Gasteiger partial charge in [-0.25, -0.2) is 15.0 Å². The van der Waals surface area contributed by atoms with Crippen LogP contribution < -0.4 is 15.6 Å². The van der Waals surface area contributed by atoms with Crippen LogP contribution in [0.1, 0.15) is 25.7 Å². The molecule has 11 nitrogen and oxygen atoms in total. The molecule has 1 aromatic carbocycles. The number of hydrogen-bond acceptors (Lipinski definition) is 8. The number of anilines is 1. The normalized spacial score (nSPS) is 12.3. The molecule has 180 valence electrons. The number of imidazole rings is 1. The third-order valence-corrected chi connectivity index (χ3v) is 5.63. The first-order valence-corrected chi connectivity index (χ1v) is 11.4. The number of nitrogens with zero attached hydrogens (tertiary/aromatic N) is 5. The van der Waals surface area contributed by atoms with Gasteiger partial charge in [-0.3, -0.25) is 9.48 Å². The molecule has 11 heteroatoms. The molecule has 3 N–H and O–H groups in total. The highest BCUT2D eigenvalue weighted by Gasteiger charge is 2.22. The highest BCUT2D eigenvalue weighted by atomic mass is 16.5. The van der Waals surface area contributed by atoms with Crippen LogP contribution in [-0.2, 0) is 11.3 Å². The lowest BCUT2D eigenvalue weighted by Crippen LogP contribution is -2.17. The molecule has 0 saturated carbocycles. The zero-order chi connectivity index (χ0) is 24.4. The van der Waals surface area contributed by atoms with Gasteiger partial charge in [0.25, 0.3) is 5.56 Å². The van der Waals surface area contributed by atoms with E-state index in [1.807, 2.05) is 38.2 Å². The molecule has 0 aliphatic heterocycles. The van der Waals surface area contributed by atoms with Crippen molar-refractivity contribution in [3.63, 3.8) is 0 Å². The molecule has 0 bridgehead atoms. The summed E-state index contributed by atoms with van der Waals surface area (Å²) in [5.74, 6) is 1.71. The van der Waals surface area contributed by atoms with E-state index in [0.717, 1.165) is 5.52 Å². The molecule has 0 fully saturated rings. The van der Waals surface area contributed by atoms with Gasteiger partial charge in [-0.1, -0.05) is 0 Å². The van der Waals surface area contributed by atoms with Crippen molar-refractivity contribution >= 4 is 27.8 Å². The molecule has 1 unspecified atom stereocenters. The van der Waals surface area contributed by atoms with Crippen molar-refractivity contribution in [1.82, 2.24) is 34.7 Å². The first kappa shape index (κ1) is 22.5. The topological polar surface area (TPSA) is 136 Å². The fourth-order valence-corrected chi connectivity index (χ4v) is 3.90. The second-order valence-corrected chi connectivity index (χ2v) is 8.03. The first-order valence-electron chi connectivity index (χ1n) is 11.4. The lowest BCUT2D eigenvalue weighted by atomic mass is 10.1. The van der Waals surface area contributed by atoms with Gasteiger partial charge >= 0.3 is 0 Å². The number of hydrogen-bond donors (Lipinski definition) is 3. The number of ether oxygens (including phenoxy) is 2. The molecule has 0 radical (unpaired) electrons. The minimum Gasteiger partial charge on any atom is -0.491 e. The number of pyridine rings is 1. The van der Waals surface area contributed by atoms with Crippen LogP contribution >= 0.6 is 0 Å². The van der Waals surface area contributed by atoms with E-state index >= 15 is 0 Å². The highest BCUT2D eigenvalue weighted by molar-refractivity contribution is 5.96. The minimum absolute atomic E-state index is 0.281. The smallest absolute Gasteiger partial charge is 0.261 e.